The maximum Gasteiger partial charge on any atom is 0.295 e. The van der Waals surface area contributed by atoms with Gasteiger partial charge in [-0.1, -0.05) is 24.3 Å². The average molecular weight is 491 g/mol. The zero-order valence-electron chi connectivity index (χ0n) is 19.1. The van der Waals surface area contributed by atoms with Gasteiger partial charge in [-0.15, -0.1) is 11.8 Å². The van der Waals surface area contributed by atoms with Crippen LogP contribution in [0.5, 0.6) is 0 Å². The summed E-state index contributed by atoms with van der Waals surface area (Å²) in [5, 5.41) is 5.47. The molecule has 0 atom stereocenters. The van der Waals surface area contributed by atoms with Crippen molar-refractivity contribution in [3.05, 3.63) is 106 Å². The molecule has 0 saturated carbocycles. The first-order valence-corrected chi connectivity index (χ1v) is 11.8. The van der Waals surface area contributed by atoms with Gasteiger partial charge in [-0.2, -0.15) is 0 Å². The number of nitrogens with zero attached hydrogens (tertiary/aromatic N) is 2. The van der Waals surface area contributed by atoms with E-state index < -0.39 is 5.91 Å². The molecule has 0 spiro atoms. The second-order valence-corrected chi connectivity index (χ2v) is 8.81. The van der Waals surface area contributed by atoms with Crippen LogP contribution in [0.2, 0.25) is 0 Å². The fourth-order valence-corrected chi connectivity index (χ4v) is 4.21. The van der Waals surface area contributed by atoms with E-state index in [0.29, 0.717) is 22.6 Å². The van der Waals surface area contributed by atoms with Crippen LogP contribution in [0, 0.1) is 12.7 Å². The van der Waals surface area contributed by atoms with Crippen molar-refractivity contribution >= 4 is 35.0 Å². The molecular formula is C26H23FN4O3S. The number of nitrogens with one attached hydrogen (secondary N) is 2. The standard InChI is InChI=1S/C26H23FN4O3S/c1-17-24(26(34)31(30(17)2)21-9-4-3-5-10-21)29-25(33)18-7-6-8-20(15-18)28-23(32)16-35-22-13-11-19(27)12-14-22/h3-15H,16H2,1-2H3,(H,28,32)(H,29,33). The Bertz CT molecular complexity index is 1430. The van der Waals surface area contributed by atoms with Crippen molar-refractivity contribution in [2.75, 3.05) is 16.4 Å². The third kappa shape index (κ3) is 5.52. The number of hydrogen-bond donors (Lipinski definition) is 2. The van der Waals surface area contributed by atoms with E-state index in [0.717, 1.165) is 4.90 Å². The van der Waals surface area contributed by atoms with Gasteiger partial charge in [-0.3, -0.25) is 19.1 Å². The minimum atomic E-state index is -0.465. The first kappa shape index (κ1) is 24.0. The Kier molecular flexibility index (Phi) is 7.17. The first-order chi connectivity index (χ1) is 16.8. The van der Waals surface area contributed by atoms with Crippen LogP contribution in [0.15, 0.2) is 88.6 Å². The van der Waals surface area contributed by atoms with Crippen LogP contribution in [-0.2, 0) is 11.8 Å². The Morgan fingerprint density at radius 1 is 0.943 bits per heavy atom. The van der Waals surface area contributed by atoms with Crippen molar-refractivity contribution in [2.24, 2.45) is 7.05 Å². The second kappa shape index (κ2) is 10.4. The molecule has 1 heterocycles. The van der Waals surface area contributed by atoms with Gasteiger partial charge in [-0.05, 0) is 61.5 Å². The highest BCUT2D eigenvalue weighted by molar-refractivity contribution is 8.00. The van der Waals surface area contributed by atoms with Crippen LogP contribution >= 0.6 is 11.8 Å². The van der Waals surface area contributed by atoms with E-state index in [1.54, 1.807) is 55.1 Å². The molecule has 35 heavy (non-hydrogen) atoms. The number of carbonyl (C=O) groups excluding carboxylic acids is 2. The Morgan fingerprint density at radius 3 is 2.37 bits per heavy atom. The molecular weight excluding hydrogens is 467 g/mol. The minimum absolute atomic E-state index is 0.129. The van der Waals surface area contributed by atoms with Crippen molar-refractivity contribution in [1.29, 1.82) is 0 Å². The highest BCUT2D eigenvalue weighted by atomic mass is 32.2. The Hall–Kier alpha value is -4.11. The average Bonchev–Trinajstić information content (AvgIpc) is 3.07. The number of benzene rings is 3. The molecule has 0 saturated heterocycles. The lowest BCUT2D eigenvalue weighted by Gasteiger charge is -2.08. The molecule has 0 fully saturated rings. The second-order valence-electron chi connectivity index (χ2n) is 7.76. The maximum absolute atomic E-state index is 13.0. The molecule has 1 aromatic heterocycles. The zero-order chi connectivity index (χ0) is 24.9. The van der Waals surface area contributed by atoms with Crippen LogP contribution in [0.3, 0.4) is 0 Å². The van der Waals surface area contributed by atoms with Gasteiger partial charge in [0.05, 0.1) is 17.1 Å². The summed E-state index contributed by atoms with van der Waals surface area (Å²) in [5.41, 5.74) is 1.89. The summed E-state index contributed by atoms with van der Waals surface area (Å²) in [4.78, 5) is 39.1. The summed E-state index contributed by atoms with van der Waals surface area (Å²) < 4.78 is 16.2. The summed E-state index contributed by atoms with van der Waals surface area (Å²) in [6.45, 7) is 1.76. The Morgan fingerprint density at radius 2 is 1.66 bits per heavy atom. The molecule has 9 heteroatoms. The molecule has 0 unspecified atom stereocenters. The number of rotatable bonds is 7. The van der Waals surface area contributed by atoms with Crippen LogP contribution in [-0.4, -0.2) is 26.9 Å². The highest BCUT2D eigenvalue weighted by Gasteiger charge is 2.19. The molecule has 2 amide bonds. The van der Waals surface area contributed by atoms with Gasteiger partial charge in [0.25, 0.3) is 11.5 Å². The summed E-state index contributed by atoms with van der Waals surface area (Å²) in [6.07, 6.45) is 0. The van der Waals surface area contributed by atoms with Gasteiger partial charge >= 0.3 is 0 Å². The number of anilines is 2. The number of amides is 2. The van der Waals surface area contributed by atoms with Crippen molar-refractivity contribution in [3.8, 4) is 5.69 Å². The predicted molar refractivity (Wildman–Crippen MR) is 136 cm³/mol. The van der Waals surface area contributed by atoms with E-state index in [9.17, 15) is 18.8 Å². The van der Waals surface area contributed by atoms with Crippen molar-refractivity contribution < 1.29 is 14.0 Å². The van der Waals surface area contributed by atoms with Crippen LogP contribution < -0.4 is 16.2 Å². The lowest BCUT2D eigenvalue weighted by molar-refractivity contribution is -0.113. The van der Waals surface area contributed by atoms with E-state index in [2.05, 4.69) is 10.6 Å². The largest absolute Gasteiger partial charge is 0.325 e. The minimum Gasteiger partial charge on any atom is -0.325 e. The van der Waals surface area contributed by atoms with E-state index >= 15 is 0 Å². The molecule has 178 valence electrons. The third-order valence-corrected chi connectivity index (χ3v) is 6.40. The van der Waals surface area contributed by atoms with Crippen LogP contribution in [0.1, 0.15) is 16.1 Å². The normalized spacial score (nSPS) is 10.7. The highest BCUT2D eigenvalue weighted by Crippen LogP contribution is 2.20. The van der Waals surface area contributed by atoms with Gasteiger partial charge in [-0.25, -0.2) is 9.07 Å². The van der Waals surface area contributed by atoms with Gasteiger partial charge in [0.1, 0.15) is 11.5 Å². The van der Waals surface area contributed by atoms with E-state index in [1.807, 2.05) is 30.3 Å². The Labute approximate surface area is 205 Å². The Balaban J connectivity index is 1.45. The first-order valence-electron chi connectivity index (χ1n) is 10.8. The van der Waals surface area contributed by atoms with Gasteiger partial charge in [0.2, 0.25) is 5.91 Å². The summed E-state index contributed by atoms with van der Waals surface area (Å²) in [7, 11) is 1.75. The number of carbonyl (C=O) groups is 2. The fraction of sp³-hybridized carbons (Fsp3) is 0.115. The lowest BCUT2D eigenvalue weighted by Crippen LogP contribution is -2.23. The number of halogens is 1. The van der Waals surface area contributed by atoms with E-state index in [1.165, 1.54) is 28.6 Å². The third-order valence-electron chi connectivity index (χ3n) is 5.38. The van der Waals surface area contributed by atoms with Crippen molar-refractivity contribution in [1.82, 2.24) is 9.36 Å². The van der Waals surface area contributed by atoms with Crippen LogP contribution in [0.25, 0.3) is 5.69 Å². The topological polar surface area (TPSA) is 85.1 Å². The van der Waals surface area contributed by atoms with Gasteiger partial charge < -0.3 is 10.6 Å². The fourth-order valence-electron chi connectivity index (χ4n) is 3.51. The summed E-state index contributed by atoms with van der Waals surface area (Å²) >= 11 is 1.28. The van der Waals surface area contributed by atoms with Crippen LogP contribution in [0.4, 0.5) is 15.8 Å². The van der Waals surface area contributed by atoms with Gasteiger partial charge in [0, 0.05) is 23.2 Å². The SMILES string of the molecule is Cc1c(NC(=O)c2cccc(NC(=O)CSc3ccc(F)cc3)c2)c(=O)n(-c2ccccc2)n1C. The lowest BCUT2D eigenvalue weighted by atomic mass is 10.2. The monoisotopic (exact) mass is 490 g/mol. The molecule has 2 N–H and O–H groups in total. The van der Waals surface area contributed by atoms with E-state index in [4.69, 9.17) is 0 Å². The quantitative estimate of drug-likeness (QED) is 0.371. The molecule has 0 bridgehead atoms. The molecule has 3 aromatic carbocycles. The molecule has 4 aromatic rings. The molecule has 0 aliphatic rings. The number of thioether (sulfide) groups is 1. The molecule has 0 aliphatic carbocycles. The summed E-state index contributed by atoms with van der Waals surface area (Å²) in [6, 6.07) is 21.5. The van der Waals surface area contributed by atoms with E-state index in [-0.39, 0.29) is 28.7 Å². The molecule has 0 aliphatic heterocycles. The van der Waals surface area contributed by atoms with Crippen molar-refractivity contribution in [2.45, 2.75) is 11.8 Å². The molecule has 4 rings (SSSR count). The van der Waals surface area contributed by atoms with Crippen molar-refractivity contribution in [3.63, 3.8) is 0 Å². The predicted octanol–water partition coefficient (Wildman–Crippen LogP) is 4.61. The zero-order valence-corrected chi connectivity index (χ0v) is 19.9. The maximum atomic E-state index is 13.0. The number of aromatic nitrogens is 2. The molecule has 0 radical (unpaired) electrons. The molecule has 7 nitrogen and oxygen atoms in total. The number of hydrogen-bond acceptors (Lipinski definition) is 4. The van der Waals surface area contributed by atoms with Gasteiger partial charge in [0.15, 0.2) is 0 Å². The smallest absolute Gasteiger partial charge is 0.295 e. The number of para-hydroxylation sites is 1. The summed E-state index contributed by atoms with van der Waals surface area (Å²) in [5.74, 6) is -0.933.